The minimum atomic E-state index is -1.00. The maximum absolute atomic E-state index is 12.5. The molecule has 36 heavy (non-hydrogen) atoms. The number of hydrazone groups is 1. The summed E-state index contributed by atoms with van der Waals surface area (Å²) in [5.41, 5.74) is 4.72. The molecule has 0 saturated carbocycles. The lowest BCUT2D eigenvalue weighted by Crippen LogP contribution is -2.32. The van der Waals surface area contributed by atoms with E-state index in [9.17, 15) is 14.4 Å². The molecule has 11 heteroatoms. The monoisotopic (exact) mass is 563 g/mol. The number of ether oxygens (including phenoxy) is 1. The number of nitrogens with one attached hydrogen (secondary N) is 2. The lowest BCUT2D eigenvalue weighted by molar-refractivity contribution is -0.136. The van der Waals surface area contributed by atoms with Crippen LogP contribution in [0.1, 0.15) is 21.5 Å². The predicted octanol–water partition coefficient (Wildman–Crippen LogP) is 4.58. The minimum Gasteiger partial charge on any atom is -0.422 e. The molecule has 1 aromatic heterocycles. The van der Waals surface area contributed by atoms with Crippen LogP contribution in [0.15, 0.2) is 82.4 Å². The Morgan fingerprint density at radius 1 is 0.972 bits per heavy atom. The first-order valence-electron chi connectivity index (χ1n) is 10.5. The summed E-state index contributed by atoms with van der Waals surface area (Å²) in [7, 11) is 0. The van der Waals surface area contributed by atoms with Gasteiger partial charge in [0.2, 0.25) is 5.13 Å². The minimum absolute atomic E-state index is 0.176. The maximum atomic E-state index is 12.5. The zero-order chi connectivity index (χ0) is 25.5. The van der Waals surface area contributed by atoms with Crippen molar-refractivity contribution in [2.24, 2.45) is 5.10 Å². The van der Waals surface area contributed by atoms with Crippen molar-refractivity contribution in [1.29, 1.82) is 0 Å². The molecular weight excluding hydrogens is 546 g/mol. The molecule has 4 aromatic rings. The molecule has 0 bridgehead atoms. The van der Waals surface area contributed by atoms with E-state index in [0.29, 0.717) is 20.6 Å². The molecule has 0 aliphatic rings. The average Bonchev–Trinajstić information content (AvgIpc) is 3.34. The fourth-order valence-corrected chi connectivity index (χ4v) is 4.10. The van der Waals surface area contributed by atoms with Gasteiger partial charge in [-0.15, -0.1) is 10.2 Å². The first kappa shape index (κ1) is 24.9. The van der Waals surface area contributed by atoms with Crippen LogP contribution in [0.25, 0.3) is 10.6 Å². The number of amides is 2. The van der Waals surface area contributed by atoms with Gasteiger partial charge in [-0.25, -0.2) is 10.2 Å². The Balaban J connectivity index is 1.38. The van der Waals surface area contributed by atoms with Crippen molar-refractivity contribution in [2.45, 2.75) is 6.92 Å². The second-order valence-electron chi connectivity index (χ2n) is 7.37. The van der Waals surface area contributed by atoms with Gasteiger partial charge in [0.1, 0.15) is 10.8 Å². The molecule has 0 aliphatic carbocycles. The summed E-state index contributed by atoms with van der Waals surface area (Å²) in [6.07, 6.45) is 1.27. The third kappa shape index (κ3) is 6.46. The Hall–Kier alpha value is -4.22. The molecule has 2 amide bonds. The molecule has 180 valence electrons. The number of carbonyl (C=O) groups is 3. The van der Waals surface area contributed by atoms with E-state index in [1.807, 2.05) is 43.3 Å². The first-order chi connectivity index (χ1) is 17.4. The van der Waals surface area contributed by atoms with Gasteiger partial charge >= 0.3 is 17.8 Å². The third-order valence-electron chi connectivity index (χ3n) is 4.67. The van der Waals surface area contributed by atoms with E-state index in [1.54, 1.807) is 36.4 Å². The highest BCUT2D eigenvalue weighted by molar-refractivity contribution is 9.10. The van der Waals surface area contributed by atoms with Gasteiger partial charge in [-0.2, -0.15) is 5.10 Å². The van der Waals surface area contributed by atoms with E-state index >= 15 is 0 Å². The highest BCUT2D eigenvalue weighted by Gasteiger charge is 2.17. The Bertz CT molecular complexity index is 1460. The van der Waals surface area contributed by atoms with Gasteiger partial charge in [0.05, 0.1) is 11.8 Å². The van der Waals surface area contributed by atoms with E-state index in [1.165, 1.54) is 6.21 Å². The molecule has 0 fully saturated rings. The van der Waals surface area contributed by atoms with Gasteiger partial charge in [-0.3, -0.25) is 14.9 Å². The number of hydrogen-bond donors (Lipinski definition) is 2. The standard InChI is InChI=1S/C25H18BrN5O4S/c1-15-6-5-9-17(12-15)24(34)35-20-11-10-19(26)13-18(20)14-27-29-22(33)21(32)28-25-31-30-23(36-25)16-7-3-2-4-8-16/h2-14H,1H3,(H,29,33)(H,28,31,32)/b27-14-. The lowest BCUT2D eigenvalue weighted by atomic mass is 10.1. The molecular formula is C25H18BrN5O4S. The van der Waals surface area contributed by atoms with Crippen molar-refractivity contribution in [3.8, 4) is 16.3 Å². The molecule has 9 nitrogen and oxygen atoms in total. The normalized spacial score (nSPS) is 10.7. The third-order valence-corrected chi connectivity index (χ3v) is 6.05. The number of rotatable bonds is 6. The summed E-state index contributed by atoms with van der Waals surface area (Å²) in [5.74, 6) is -2.26. The number of benzene rings is 3. The summed E-state index contributed by atoms with van der Waals surface area (Å²) in [6.45, 7) is 1.88. The Labute approximate surface area is 218 Å². The summed E-state index contributed by atoms with van der Waals surface area (Å²) in [5, 5.41) is 14.9. The predicted molar refractivity (Wildman–Crippen MR) is 140 cm³/mol. The van der Waals surface area contributed by atoms with Crippen LogP contribution >= 0.6 is 27.3 Å². The van der Waals surface area contributed by atoms with Gasteiger partial charge in [-0.05, 0) is 37.3 Å². The number of halogens is 1. The highest BCUT2D eigenvalue weighted by atomic mass is 79.9. The number of aromatic nitrogens is 2. The molecule has 0 atom stereocenters. The second-order valence-corrected chi connectivity index (χ2v) is 9.27. The van der Waals surface area contributed by atoms with Crippen LogP contribution in [0.2, 0.25) is 0 Å². The zero-order valence-electron chi connectivity index (χ0n) is 18.8. The molecule has 4 rings (SSSR count). The number of anilines is 1. The Morgan fingerprint density at radius 3 is 2.56 bits per heavy atom. The van der Waals surface area contributed by atoms with Crippen LogP contribution < -0.4 is 15.5 Å². The van der Waals surface area contributed by atoms with Gasteiger partial charge in [0, 0.05) is 15.6 Å². The molecule has 0 aliphatic heterocycles. The largest absolute Gasteiger partial charge is 0.422 e. The lowest BCUT2D eigenvalue weighted by Gasteiger charge is -2.08. The highest BCUT2D eigenvalue weighted by Crippen LogP contribution is 2.26. The summed E-state index contributed by atoms with van der Waals surface area (Å²) in [6, 6.07) is 21.3. The van der Waals surface area contributed by atoms with E-state index in [-0.39, 0.29) is 10.9 Å². The molecule has 0 saturated heterocycles. The van der Waals surface area contributed by atoms with Crippen molar-refractivity contribution >= 4 is 56.4 Å². The van der Waals surface area contributed by atoms with Crippen LogP contribution in [-0.2, 0) is 9.59 Å². The quantitative estimate of drug-likeness (QED) is 0.116. The van der Waals surface area contributed by atoms with Crippen LogP contribution in [-0.4, -0.2) is 34.2 Å². The number of aryl methyl sites for hydroxylation is 1. The molecule has 0 spiro atoms. The van der Waals surface area contributed by atoms with Gasteiger partial charge in [0.25, 0.3) is 0 Å². The number of carbonyl (C=O) groups excluding carboxylic acids is 3. The SMILES string of the molecule is Cc1cccc(C(=O)Oc2ccc(Br)cc2/C=N\NC(=O)C(=O)Nc2nnc(-c3ccccc3)s2)c1. The first-order valence-corrected chi connectivity index (χ1v) is 12.1. The van der Waals surface area contributed by atoms with E-state index in [4.69, 9.17) is 4.74 Å². The molecule has 2 N–H and O–H groups in total. The maximum Gasteiger partial charge on any atom is 0.343 e. The van der Waals surface area contributed by atoms with E-state index < -0.39 is 17.8 Å². The molecule has 0 radical (unpaired) electrons. The Kier molecular flexibility index (Phi) is 7.93. The van der Waals surface area contributed by atoms with Crippen molar-refractivity contribution in [3.63, 3.8) is 0 Å². The van der Waals surface area contributed by atoms with Gasteiger partial charge in [-0.1, -0.05) is 75.3 Å². The molecule has 1 heterocycles. The van der Waals surface area contributed by atoms with E-state index in [2.05, 4.69) is 42.0 Å². The van der Waals surface area contributed by atoms with Crippen molar-refractivity contribution < 1.29 is 19.1 Å². The summed E-state index contributed by atoms with van der Waals surface area (Å²) < 4.78 is 6.21. The van der Waals surface area contributed by atoms with Crippen LogP contribution in [0, 0.1) is 6.92 Å². The van der Waals surface area contributed by atoms with Crippen molar-refractivity contribution in [3.05, 3.63) is 94.0 Å². The summed E-state index contributed by atoms with van der Waals surface area (Å²) >= 11 is 4.49. The van der Waals surface area contributed by atoms with Crippen LogP contribution in [0.4, 0.5) is 5.13 Å². The zero-order valence-corrected chi connectivity index (χ0v) is 21.2. The number of esters is 1. The van der Waals surface area contributed by atoms with Gasteiger partial charge < -0.3 is 4.74 Å². The van der Waals surface area contributed by atoms with Crippen LogP contribution in [0.3, 0.4) is 0 Å². The summed E-state index contributed by atoms with van der Waals surface area (Å²) in [4.78, 5) is 36.9. The van der Waals surface area contributed by atoms with Crippen molar-refractivity contribution in [2.75, 3.05) is 5.32 Å². The number of nitrogens with zero attached hydrogens (tertiary/aromatic N) is 3. The molecule has 0 unspecified atom stereocenters. The smallest absolute Gasteiger partial charge is 0.343 e. The van der Waals surface area contributed by atoms with E-state index in [0.717, 1.165) is 22.5 Å². The number of hydrogen-bond acceptors (Lipinski definition) is 8. The Morgan fingerprint density at radius 2 is 1.78 bits per heavy atom. The van der Waals surface area contributed by atoms with Crippen molar-refractivity contribution in [1.82, 2.24) is 15.6 Å². The fourth-order valence-electron chi connectivity index (χ4n) is 2.98. The topological polar surface area (TPSA) is 123 Å². The van der Waals surface area contributed by atoms with Gasteiger partial charge in [0.15, 0.2) is 0 Å². The second kappa shape index (κ2) is 11.5. The molecule has 3 aromatic carbocycles. The fraction of sp³-hybridized carbons (Fsp3) is 0.0400. The van der Waals surface area contributed by atoms with Crippen LogP contribution in [0.5, 0.6) is 5.75 Å². The average molecular weight is 564 g/mol.